The molecule has 0 saturated heterocycles. The lowest BCUT2D eigenvalue weighted by Gasteiger charge is -2.24. The molecule has 2 aliphatic rings. The molecule has 1 fully saturated rings. The van der Waals surface area contributed by atoms with E-state index < -0.39 is 10.0 Å². The predicted octanol–water partition coefficient (Wildman–Crippen LogP) is 1.56. The highest BCUT2D eigenvalue weighted by Gasteiger charge is 2.44. The van der Waals surface area contributed by atoms with Crippen molar-refractivity contribution >= 4 is 21.6 Å². The second-order valence-corrected chi connectivity index (χ2v) is 7.93. The average molecular weight is 320 g/mol. The molecule has 0 bridgehead atoms. The third-order valence-electron chi connectivity index (χ3n) is 4.36. The summed E-state index contributed by atoms with van der Waals surface area (Å²) in [6.07, 6.45) is 7.52. The fraction of sp³-hybridized carbons (Fsp3) is 0.438. The van der Waals surface area contributed by atoms with E-state index in [4.69, 9.17) is 0 Å². The summed E-state index contributed by atoms with van der Waals surface area (Å²) in [5.74, 6) is 0.0129. The Morgan fingerprint density at radius 2 is 1.91 bits per heavy atom. The minimum Gasteiger partial charge on any atom is -0.309 e. The SMILES string of the molecule is CS(=O)(=O)NCC1(c2ccc(N3CCC=CC3=O)cc2)CC1. The van der Waals surface area contributed by atoms with Crippen LogP contribution in [0.4, 0.5) is 5.69 Å². The molecule has 1 heterocycles. The maximum absolute atomic E-state index is 11.9. The number of amides is 1. The first kappa shape index (κ1) is 15.2. The predicted molar refractivity (Wildman–Crippen MR) is 86.3 cm³/mol. The molecule has 3 rings (SSSR count). The van der Waals surface area contributed by atoms with Gasteiger partial charge in [0.15, 0.2) is 0 Å². The van der Waals surface area contributed by atoms with E-state index in [1.165, 1.54) is 6.26 Å². The van der Waals surface area contributed by atoms with Gasteiger partial charge in [0.1, 0.15) is 0 Å². The van der Waals surface area contributed by atoms with Crippen molar-refractivity contribution in [3.05, 3.63) is 42.0 Å². The Bertz CT molecular complexity index is 703. The largest absolute Gasteiger partial charge is 0.309 e. The van der Waals surface area contributed by atoms with Gasteiger partial charge in [0.2, 0.25) is 10.0 Å². The molecule has 1 N–H and O–H groups in total. The molecular formula is C16H20N2O3S. The van der Waals surface area contributed by atoms with Crippen LogP contribution >= 0.6 is 0 Å². The molecule has 1 amide bonds. The van der Waals surface area contributed by atoms with E-state index in [1.54, 1.807) is 11.0 Å². The Hall–Kier alpha value is -1.66. The van der Waals surface area contributed by atoms with Crippen LogP contribution in [0.25, 0.3) is 0 Å². The Labute approximate surface area is 131 Å². The first-order chi connectivity index (χ1) is 10.4. The van der Waals surface area contributed by atoms with Crippen LogP contribution in [0.5, 0.6) is 0 Å². The fourth-order valence-electron chi connectivity index (χ4n) is 2.83. The van der Waals surface area contributed by atoms with E-state index in [0.29, 0.717) is 13.1 Å². The third kappa shape index (κ3) is 3.23. The molecule has 1 aromatic rings. The summed E-state index contributed by atoms with van der Waals surface area (Å²) >= 11 is 0. The lowest BCUT2D eigenvalue weighted by atomic mass is 9.96. The number of rotatable bonds is 5. The van der Waals surface area contributed by atoms with Gasteiger partial charge in [-0.05, 0) is 43.0 Å². The number of hydrogen-bond acceptors (Lipinski definition) is 3. The minimum absolute atomic E-state index is 0.0129. The van der Waals surface area contributed by atoms with Crippen LogP contribution in [0, 0.1) is 0 Å². The first-order valence-electron chi connectivity index (χ1n) is 7.43. The maximum Gasteiger partial charge on any atom is 0.250 e. The number of benzene rings is 1. The van der Waals surface area contributed by atoms with E-state index in [2.05, 4.69) is 4.72 Å². The van der Waals surface area contributed by atoms with Crippen molar-refractivity contribution in [2.24, 2.45) is 0 Å². The van der Waals surface area contributed by atoms with Gasteiger partial charge in [-0.25, -0.2) is 13.1 Å². The number of anilines is 1. The molecule has 1 aromatic carbocycles. The van der Waals surface area contributed by atoms with Crippen LogP contribution in [0.15, 0.2) is 36.4 Å². The van der Waals surface area contributed by atoms with Crippen molar-refractivity contribution in [2.75, 3.05) is 24.2 Å². The zero-order valence-electron chi connectivity index (χ0n) is 12.6. The normalized spacial score (nSPS) is 20.2. The summed E-state index contributed by atoms with van der Waals surface area (Å²) < 4.78 is 25.2. The maximum atomic E-state index is 11.9. The van der Waals surface area contributed by atoms with Gasteiger partial charge in [-0.3, -0.25) is 4.79 Å². The molecule has 1 aliphatic heterocycles. The van der Waals surface area contributed by atoms with Crippen LogP contribution in [0.1, 0.15) is 24.8 Å². The second kappa shape index (κ2) is 5.52. The molecule has 0 aromatic heterocycles. The molecule has 5 nitrogen and oxygen atoms in total. The summed E-state index contributed by atoms with van der Waals surface area (Å²) in [6.45, 7) is 1.14. The minimum atomic E-state index is -3.17. The van der Waals surface area contributed by atoms with E-state index in [9.17, 15) is 13.2 Å². The topological polar surface area (TPSA) is 66.5 Å². The summed E-state index contributed by atoms with van der Waals surface area (Å²) in [5, 5.41) is 0. The lowest BCUT2D eigenvalue weighted by molar-refractivity contribution is -0.114. The smallest absolute Gasteiger partial charge is 0.250 e. The standard InChI is InChI=1S/C16H20N2O3S/c1-22(20,21)17-12-16(9-10-16)13-5-7-14(8-6-13)18-11-3-2-4-15(18)19/h2,4-8,17H,3,9-12H2,1H3. The Morgan fingerprint density at radius 1 is 1.23 bits per heavy atom. The van der Waals surface area contributed by atoms with Crippen LogP contribution in [0.3, 0.4) is 0 Å². The van der Waals surface area contributed by atoms with E-state index >= 15 is 0 Å². The molecular weight excluding hydrogens is 300 g/mol. The highest BCUT2D eigenvalue weighted by Crippen LogP contribution is 2.48. The van der Waals surface area contributed by atoms with Crippen molar-refractivity contribution < 1.29 is 13.2 Å². The van der Waals surface area contributed by atoms with Crippen molar-refractivity contribution in [3.8, 4) is 0 Å². The number of carbonyl (C=O) groups excluding carboxylic acids is 1. The van der Waals surface area contributed by atoms with Crippen LogP contribution in [0.2, 0.25) is 0 Å². The fourth-order valence-corrected chi connectivity index (χ4v) is 3.37. The highest BCUT2D eigenvalue weighted by atomic mass is 32.2. The molecule has 0 unspecified atom stereocenters. The van der Waals surface area contributed by atoms with E-state index in [-0.39, 0.29) is 11.3 Å². The zero-order chi connectivity index (χ0) is 15.8. The summed E-state index contributed by atoms with van der Waals surface area (Å²) in [4.78, 5) is 13.6. The number of carbonyl (C=O) groups is 1. The molecule has 0 radical (unpaired) electrons. The summed E-state index contributed by atoms with van der Waals surface area (Å²) in [5.41, 5.74) is 1.95. The Kier molecular flexibility index (Phi) is 3.82. The summed E-state index contributed by atoms with van der Waals surface area (Å²) in [7, 11) is -3.17. The molecule has 0 atom stereocenters. The van der Waals surface area contributed by atoms with Gasteiger partial charge >= 0.3 is 0 Å². The summed E-state index contributed by atoms with van der Waals surface area (Å²) in [6, 6.07) is 7.93. The van der Waals surface area contributed by atoms with Gasteiger partial charge in [0.05, 0.1) is 6.26 Å². The first-order valence-corrected chi connectivity index (χ1v) is 9.32. The third-order valence-corrected chi connectivity index (χ3v) is 5.03. The van der Waals surface area contributed by atoms with Crippen molar-refractivity contribution in [1.29, 1.82) is 0 Å². The van der Waals surface area contributed by atoms with Crippen LogP contribution in [-0.2, 0) is 20.2 Å². The second-order valence-electron chi connectivity index (χ2n) is 6.10. The van der Waals surface area contributed by atoms with E-state index in [1.807, 2.05) is 30.3 Å². The van der Waals surface area contributed by atoms with Gasteiger partial charge in [-0.1, -0.05) is 18.2 Å². The number of nitrogens with one attached hydrogen (secondary N) is 1. The quantitative estimate of drug-likeness (QED) is 0.895. The number of sulfonamides is 1. The molecule has 1 aliphatic carbocycles. The van der Waals surface area contributed by atoms with Gasteiger partial charge in [-0.2, -0.15) is 0 Å². The highest BCUT2D eigenvalue weighted by molar-refractivity contribution is 7.88. The van der Waals surface area contributed by atoms with Crippen molar-refractivity contribution in [3.63, 3.8) is 0 Å². The zero-order valence-corrected chi connectivity index (χ0v) is 13.4. The van der Waals surface area contributed by atoms with Crippen LogP contribution < -0.4 is 9.62 Å². The average Bonchev–Trinajstić information content (AvgIpc) is 3.27. The lowest BCUT2D eigenvalue weighted by Crippen LogP contribution is -2.33. The van der Waals surface area contributed by atoms with Crippen molar-refractivity contribution in [2.45, 2.75) is 24.7 Å². The van der Waals surface area contributed by atoms with Crippen molar-refractivity contribution in [1.82, 2.24) is 4.72 Å². The van der Waals surface area contributed by atoms with Gasteiger partial charge in [0.25, 0.3) is 5.91 Å². The molecule has 6 heteroatoms. The monoisotopic (exact) mass is 320 g/mol. The Morgan fingerprint density at radius 3 is 2.45 bits per heavy atom. The van der Waals surface area contributed by atoms with Crippen LogP contribution in [-0.4, -0.2) is 33.7 Å². The number of nitrogens with zero attached hydrogens (tertiary/aromatic N) is 1. The number of hydrogen-bond donors (Lipinski definition) is 1. The van der Waals surface area contributed by atoms with Gasteiger partial charge in [-0.15, -0.1) is 0 Å². The molecule has 0 spiro atoms. The Balaban J connectivity index is 1.74. The van der Waals surface area contributed by atoms with Gasteiger partial charge < -0.3 is 4.90 Å². The molecule has 1 saturated carbocycles. The molecule has 118 valence electrons. The van der Waals surface area contributed by atoms with E-state index in [0.717, 1.165) is 30.5 Å². The molecule has 22 heavy (non-hydrogen) atoms. The van der Waals surface area contributed by atoms with Gasteiger partial charge in [0, 0.05) is 24.2 Å².